The van der Waals surface area contributed by atoms with Crippen LogP contribution < -0.4 is 11.1 Å². The maximum absolute atomic E-state index is 5.96. The molecule has 0 aliphatic carbocycles. The summed E-state index contributed by atoms with van der Waals surface area (Å²) in [5.41, 5.74) is 9.82. The molecule has 0 saturated carbocycles. The molecule has 0 aliphatic heterocycles. The van der Waals surface area contributed by atoms with Gasteiger partial charge in [0.25, 0.3) is 0 Å². The van der Waals surface area contributed by atoms with Crippen LogP contribution in [0.5, 0.6) is 0 Å². The van der Waals surface area contributed by atoms with Crippen LogP contribution in [0.2, 0.25) is 0 Å². The Bertz CT molecular complexity index is 756. The Morgan fingerprint density at radius 2 is 1.95 bits per heavy atom. The SMILES string of the molecule is Nc1ccccc1CNc1cccc2cc(Br)cnc12. The average molecular weight is 328 g/mol. The van der Waals surface area contributed by atoms with Gasteiger partial charge in [0.05, 0.1) is 11.2 Å². The Hall–Kier alpha value is -2.07. The summed E-state index contributed by atoms with van der Waals surface area (Å²) in [6.07, 6.45) is 1.81. The van der Waals surface area contributed by atoms with Gasteiger partial charge in [-0.25, -0.2) is 0 Å². The third-order valence-corrected chi connectivity index (χ3v) is 3.64. The van der Waals surface area contributed by atoms with E-state index in [1.165, 1.54) is 0 Å². The fourth-order valence-corrected chi connectivity index (χ4v) is 2.51. The van der Waals surface area contributed by atoms with Crippen LogP contribution in [0.1, 0.15) is 5.56 Å². The van der Waals surface area contributed by atoms with Crippen LogP contribution in [0.15, 0.2) is 59.2 Å². The smallest absolute Gasteiger partial charge is 0.0934 e. The van der Waals surface area contributed by atoms with E-state index in [-0.39, 0.29) is 0 Å². The molecule has 1 aromatic heterocycles. The third kappa shape index (κ3) is 2.60. The molecule has 2 aromatic carbocycles. The largest absolute Gasteiger partial charge is 0.398 e. The number of nitrogens with two attached hydrogens (primary N) is 1. The molecular formula is C16H14BrN3. The maximum Gasteiger partial charge on any atom is 0.0934 e. The first-order valence-electron chi connectivity index (χ1n) is 6.35. The van der Waals surface area contributed by atoms with E-state index in [4.69, 9.17) is 5.73 Å². The fraction of sp³-hybridized carbons (Fsp3) is 0.0625. The second-order valence-corrected chi connectivity index (χ2v) is 5.50. The number of rotatable bonds is 3. The van der Waals surface area contributed by atoms with E-state index in [0.717, 1.165) is 32.3 Å². The Morgan fingerprint density at radius 3 is 2.80 bits per heavy atom. The number of para-hydroxylation sites is 2. The minimum Gasteiger partial charge on any atom is -0.398 e. The van der Waals surface area contributed by atoms with Gasteiger partial charge in [0, 0.05) is 28.3 Å². The van der Waals surface area contributed by atoms with E-state index in [9.17, 15) is 0 Å². The third-order valence-electron chi connectivity index (χ3n) is 3.20. The van der Waals surface area contributed by atoms with E-state index < -0.39 is 0 Å². The highest BCUT2D eigenvalue weighted by Crippen LogP contribution is 2.24. The molecule has 3 nitrogen and oxygen atoms in total. The van der Waals surface area contributed by atoms with Crippen LogP contribution in [-0.4, -0.2) is 4.98 Å². The molecule has 0 fully saturated rings. The minimum absolute atomic E-state index is 0.684. The van der Waals surface area contributed by atoms with Crippen molar-refractivity contribution < 1.29 is 0 Å². The molecule has 0 radical (unpaired) electrons. The van der Waals surface area contributed by atoms with Crippen molar-refractivity contribution in [2.24, 2.45) is 0 Å². The summed E-state index contributed by atoms with van der Waals surface area (Å²) in [4.78, 5) is 4.47. The molecule has 100 valence electrons. The number of pyridine rings is 1. The van der Waals surface area contributed by atoms with Gasteiger partial charge >= 0.3 is 0 Å². The van der Waals surface area contributed by atoms with Gasteiger partial charge in [0.2, 0.25) is 0 Å². The Labute approximate surface area is 126 Å². The molecule has 0 bridgehead atoms. The second-order valence-electron chi connectivity index (χ2n) is 4.58. The number of nitrogens with zero attached hydrogens (tertiary/aromatic N) is 1. The predicted molar refractivity (Wildman–Crippen MR) is 87.6 cm³/mol. The number of fused-ring (bicyclic) bond motifs is 1. The quantitative estimate of drug-likeness (QED) is 0.709. The summed E-state index contributed by atoms with van der Waals surface area (Å²) in [5.74, 6) is 0. The number of halogens is 1. The average Bonchev–Trinajstić information content (AvgIpc) is 2.46. The van der Waals surface area contributed by atoms with Crippen LogP contribution in [0, 0.1) is 0 Å². The second kappa shape index (κ2) is 5.51. The molecule has 3 aromatic rings. The van der Waals surface area contributed by atoms with Crippen LogP contribution >= 0.6 is 15.9 Å². The lowest BCUT2D eigenvalue weighted by molar-refractivity contribution is 1.15. The highest BCUT2D eigenvalue weighted by molar-refractivity contribution is 9.10. The number of hydrogen-bond donors (Lipinski definition) is 2. The molecule has 4 heteroatoms. The Kier molecular flexibility index (Phi) is 3.56. The first-order valence-corrected chi connectivity index (χ1v) is 7.15. The van der Waals surface area contributed by atoms with Crippen molar-refractivity contribution in [3.8, 4) is 0 Å². The fourth-order valence-electron chi connectivity index (χ4n) is 2.16. The first kappa shape index (κ1) is 12.9. The maximum atomic E-state index is 5.96. The van der Waals surface area contributed by atoms with Gasteiger partial charge in [-0.3, -0.25) is 4.98 Å². The molecule has 0 unspecified atom stereocenters. The van der Waals surface area contributed by atoms with Crippen molar-refractivity contribution >= 4 is 38.2 Å². The van der Waals surface area contributed by atoms with Gasteiger partial charge in [-0.05, 0) is 39.7 Å². The van der Waals surface area contributed by atoms with Gasteiger partial charge in [0.1, 0.15) is 0 Å². The van der Waals surface area contributed by atoms with Crippen molar-refractivity contribution in [1.29, 1.82) is 0 Å². The molecule has 0 atom stereocenters. The number of nitrogen functional groups attached to an aromatic ring is 1. The normalized spacial score (nSPS) is 10.7. The monoisotopic (exact) mass is 327 g/mol. The van der Waals surface area contributed by atoms with Gasteiger partial charge in [-0.2, -0.15) is 0 Å². The van der Waals surface area contributed by atoms with E-state index in [1.54, 1.807) is 0 Å². The van der Waals surface area contributed by atoms with Gasteiger partial charge < -0.3 is 11.1 Å². The van der Waals surface area contributed by atoms with E-state index in [2.05, 4.69) is 38.4 Å². The molecule has 1 heterocycles. The van der Waals surface area contributed by atoms with Gasteiger partial charge in [-0.15, -0.1) is 0 Å². The Balaban J connectivity index is 1.90. The van der Waals surface area contributed by atoms with E-state index in [1.807, 2.05) is 42.6 Å². The molecular weight excluding hydrogens is 314 g/mol. The zero-order chi connectivity index (χ0) is 13.9. The van der Waals surface area contributed by atoms with Crippen LogP contribution in [-0.2, 0) is 6.54 Å². The zero-order valence-electron chi connectivity index (χ0n) is 10.8. The standard InChI is InChI=1S/C16H14BrN3/c17-13-8-11-5-3-7-15(16(11)20-10-13)19-9-12-4-1-2-6-14(12)18/h1-8,10,19H,9,18H2. The lowest BCUT2D eigenvalue weighted by Gasteiger charge is -2.10. The number of aromatic nitrogens is 1. The molecule has 0 amide bonds. The Morgan fingerprint density at radius 1 is 1.10 bits per heavy atom. The molecule has 0 saturated heterocycles. The van der Waals surface area contributed by atoms with Crippen molar-refractivity contribution in [2.45, 2.75) is 6.54 Å². The van der Waals surface area contributed by atoms with Crippen LogP contribution in [0.4, 0.5) is 11.4 Å². The molecule has 0 spiro atoms. The lowest BCUT2D eigenvalue weighted by atomic mass is 10.1. The zero-order valence-corrected chi connectivity index (χ0v) is 12.4. The number of benzene rings is 2. The van der Waals surface area contributed by atoms with Gasteiger partial charge in [0.15, 0.2) is 0 Å². The van der Waals surface area contributed by atoms with Crippen molar-refractivity contribution in [3.63, 3.8) is 0 Å². The summed E-state index contributed by atoms with van der Waals surface area (Å²) in [6.45, 7) is 0.684. The number of nitrogens with one attached hydrogen (secondary N) is 1. The molecule has 20 heavy (non-hydrogen) atoms. The molecule has 3 rings (SSSR count). The molecule has 3 N–H and O–H groups in total. The summed E-state index contributed by atoms with van der Waals surface area (Å²) >= 11 is 3.44. The highest BCUT2D eigenvalue weighted by Gasteiger charge is 2.03. The summed E-state index contributed by atoms with van der Waals surface area (Å²) < 4.78 is 0.981. The summed E-state index contributed by atoms with van der Waals surface area (Å²) in [6, 6.07) is 16.0. The predicted octanol–water partition coefficient (Wildman–Crippen LogP) is 4.19. The molecule has 0 aliphatic rings. The van der Waals surface area contributed by atoms with Crippen molar-refractivity contribution in [2.75, 3.05) is 11.1 Å². The lowest BCUT2D eigenvalue weighted by Crippen LogP contribution is -2.03. The van der Waals surface area contributed by atoms with E-state index in [0.29, 0.717) is 6.54 Å². The minimum atomic E-state index is 0.684. The van der Waals surface area contributed by atoms with Crippen LogP contribution in [0.3, 0.4) is 0 Å². The number of hydrogen-bond acceptors (Lipinski definition) is 3. The van der Waals surface area contributed by atoms with E-state index >= 15 is 0 Å². The first-order chi connectivity index (χ1) is 9.74. The summed E-state index contributed by atoms with van der Waals surface area (Å²) in [7, 11) is 0. The topological polar surface area (TPSA) is 50.9 Å². The number of anilines is 2. The van der Waals surface area contributed by atoms with Crippen LogP contribution in [0.25, 0.3) is 10.9 Å². The highest BCUT2D eigenvalue weighted by atomic mass is 79.9. The summed E-state index contributed by atoms with van der Waals surface area (Å²) in [5, 5.41) is 4.51. The van der Waals surface area contributed by atoms with Gasteiger partial charge in [-0.1, -0.05) is 30.3 Å². The van der Waals surface area contributed by atoms with Crippen molar-refractivity contribution in [1.82, 2.24) is 4.98 Å². The van der Waals surface area contributed by atoms with Crippen molar-refractivity contribution in [3.05, 3.63) is 64.8 Å².